The van der Waals surface area contributed by atoms with Gasteiger partial charge in [0.05, 0.1) is 12.2 Å². The van der Waals surface area contributed by atoms with E-state index in [1.54, 1.807) is 6.20 Å². The minimum absolute atomic E-state index is 0.778. The van der Waals surface area contributed by atoms with E-state index in [9.17, 15) is 0 Å². The molecule has 0 aliphatic carbocycles. The molecule has 0 aliphatic rings. The van der Waals surface area contributed by atoms with Crippen LogP contribution in [0.15, 0.2) is 41.3 Å². The lowest BCUT2D eigenvalue weighted by Gasteiger charge is -2.04. The summed E-state index contributed by atoms with van der Waals surface area (Å²) in [5, 5.41) is 7.45. The van der Waals surface area contributed by atoms with Crippen LogP contribution in [0.2, 0.25) is 0 Å². The summed E-state index contributed by atoms with van der Waals surface area (Å²) in [6, 6.07) is 7.84. The summed E-state index contributed by atoms with van der Waals surface area (Å²) in [6.45, 7) is 2.54. The number of halogens is 1. The van der Waals surface area contributed by atoms with Crippen molar-refractivity contribution in [3.05, 3.63) is 47.0 Å². The maximum absolute atomic E-state index is 4.34. The number of hydrogen-bond donors (Lipinski definition) is 1. The summed E-state index contributed by atoms with van der Waals surface area (Å²) in [7, 11) is 0. The molecule has 0 bridgehead atoms. The highest BCUT2D eigenvalue weighted by atomic mass is 79.9. The Balaban J connectivity index is 1.72. The molecular formula is C11H13BrN4. The van der Waals surface area contributed by atoms with Crippen LogP contribution in [-0.2, 0) is 13.1 Å². The van der Waals surface area contributed by atoms with E-state index in [1.165, 1.54) is 0 Å². The summed E-state index contributed by atoms with van der Waals surface area (Å²) in [5.74, 6) is 0. The Labute approximate surface area is 103 Å². The highest BCUT2D eigenvalue weighted by Gasteiger charge is 1.95. The molecule has 0 aromatic carbocycles. The molecule has 5 heteroatoms. The van der Waals surface area contributed by atoms with Crippen LogP contribution in [0, 0.1) is 0 Å². The second-order valence-corrected chi connectivity index (χ2v) is 4.21. The van der Waals surface area contributed by atoms with Gasteiger partial charge in [-0.3, -0.25) is 4.68 Å². The number of rotatable bonds is 5. The van der Waals surface area contributed by atoms with E-state index in [2.05, 4.69) is 31.3 Å². The van der Waals surface area contributed by atoms with Crippen molar-refractivity contribution in [3.8, 4) is 0 Å². The second kappa shape index (κ2) is 5.77. The average Bonchev–Trinajstić information content (AvgIpc) is 2.77. The van der Waals surface area contributed by atoms with Crippen LogP contribution >= 0.6 is 15.9 Å². The van der Waals surface area contributed by atoms with Gasteiger partial charge in [0, 0.05) is 25.5 Å². The molecule has 4 nitrogen and oxygen atoms in total. The van der Waals surface area contributed by atoms with Gasteiger partial charge in [0.2, 0.25) is 0 Å². The first kappa shape index (κ1) is 11.3. The van der Waals surface area contributed by atoms with Gasteiger partial charge in [-0.25, -0.2) is 4.98 Å². The highest BCUT2D eigenvalue weighted by Crippen LogP contribution is 2.05. The molecule has 2 aromatic rings. The molecule has 2 heterocycles. The number of aromatic nitrogens is 3. The summed E-state index contributed by atoms with van der Waals surface area (Å²) >= 11 is 3.35. The number of nitrogens with zero attached hydrogens (tertiary/aromatic N) is 3. The van der Waals surface area contributed by atoms with Crippen LogP contribution in [0.3, 0.4) is 0 Å². The van der Waals surface area contributed by atoms with E-state index in [4.69, 9.17) is 0 Å². The first-order valence-corrected chi connectivity index (χ1v) is 5.93. The van der Waals surface area contributed by atoms with E-state index >= 15 is 0 Å². The maximum Gasteiger partial charge on any atom is 0.106 e. The smallest absolute Gasteiger partial charge is 0.106 e. The predicted molar refractivity (Wildman–Crippen MR) is 65.9 cm³/mol. The van der Waals surface area contributed by atoms with Gasteiger partial charge in [0.1, 0.15) is 4.60 Å². The zero-order chi connectivity index (χ0) is 11.2. The molecule has 0 atom stereocenters. The van der Waals surface area contributed by atoms with Crippen molar-refractivity contribution in [2.24, 2.45) is 0 Å². The first-order valence-electron chi connectivity index (χ1n) is 5.14. The van der Waals surface area contributed by atoms with Crippen molar-refractivity contribution in [3.63, 3.8) is 0 Å². The van der Waals surface area contributed by atoms with E-state index in [-0.39, 0.29) is 0 Å². The standard InChI is InChI=1S/C11H13BrN4/c12-11-4-1-3-10(15-11)9-13-6-8-16-7-2-5-14-16/h1-5,7,13H,6,8-9H2. The number of pyridine rings is 1. The molecule has 2 rings (SSSR count). The van der Waals surface area contributed by atoms with Crippen molar-refractivity contribution in [1.29, 1.82) is 0 Å². The van der Waals surface area contributed by atoms with Crippen LogP contribution in [-0.4, -0.2) is 21.3 Å². The molecule has 2 aromatic heterocycles. The Hall–Kier alpha value is -1.20. The van der Waals surface area contributed by atoms with Crippen LogP contribution in [0.25, 0.3) is 0 Å². The average molecular weight is 281 g/mol. The first-order chi connectivity index (χ1) is 7.84. The Morgan fingerprint density at radius 1 is 1.31 bits per heavy atom. The van der Waals surface area contributed by atoms with E-state index in [0.29, 0.717) is 0 Å². The largest absolute Gasteiger partial charge is 0.309 e. The third-order valence-electron chi connectivity index (χ3n) is 2.16. The Morgan fingerprint density at radius 3 is 3.00 bits per heavy atom. The Morgan fingerprint density at radius 2 is 2.25 bits per heavy atom. The van der Waals surface area contributed by atoms with Crippen LogP contribution < -0.4 is 5.32 Å². The molecule has 16 heavy (non-hydrogen) atoms. The quantitative estimate of drug-likeness (QED) is 0.671. The summed E-state index contributed by atoms with van der Waals surface area (Å²) in [6.07, 6.45) is 3.74. The summed E-state index contributed by atoms with van der Waals surface area (Å²) < 4.78 is 2.78. The number of nitrogens with one attached hydrogen (secondary N) is 1. The lowest BCUT2D eigenvalue weighted by Crippen LogP contribution is -2.20. The van der Waals surface area contributed by atoms with Crippen molar-refractivity contribution in [2.75, 3.05) is 6.54 Å². The van der Waals surface area contributed by atoms with Gasteiger partial charge in [0.15, 0.2) is 0 Å². The number of hydrogen-bond acceptors (Lipinski definition) is 3. The Kier molecular flexibility index (Phi) is 4.07. The molecule has 0 fully saturated rings. The van der Waals surface area contributed by atoms with Gasteiger partial charge in [-0.15, -0.1) is 0 Å². The third-order valence-corrected chi connectivity index (χ3v) is 2.60. The molecule has 0 unspecified atom stereocenters. The Bertz CT molecular complexity index is 427. The molecule has 0 saturated carbocycles. The van der Waals surface area contributed by atoms with Crippen molar-refractivity contribution in [1.82, 2.24) is 20.1 Å². The molecule has 0 spiro atoms. The van der Waals surface area contributed by atoms with E-state index < -0.39 is 0 Å². The summed E-state index contributed by atoms with van der Waals surface area (Å²) in [5.41, 5.74) is 1.04. The van der Waals surface area contributed by atoms with Gasteiger partial charge in [-0.2, -0.15) is 5.10 Å². The lowest BCUT2D eigenvalue weighted by atomic mass is 10.3. The fraction of sp³-hybridized carbons (Fsp3) is 0.273. The minimum Gasteiger partial charge on any atom is -0.309 e. The molecule has 0 aliphatic heterocycles. The fourth-order valence-electron chi connectivity index (χ4n) is 1.39. The zero-order valence-corrected chi connectivity index (χ0v) is 10.4. The molecule has 1 N–H and O–H groups in total. The fourth-order valence-corrected chi connectivity index (χ4v) is 1.77. The molecule has 0 amide bonds. The predicted octanol–water partition coefficient (Wildman–Crippen LogP) is 1.83. The monoisotopic (exact) mass is 280 g/mol. The second-order valence-electron chi connectivity index (χ2n) is 3.40. The van der Waals surface area contributed by atoms with Crippen LogP contribution in [0.5, 0.6) is 0 Å². The van der Waals surface area contributed by atoms with Gasteiger partial charge in [-0.05, 0) is 34.1 Å². The summed E-state index contributed by atoms with van der Waals surface area (Å²) in [4.78, 5) is 4.34. The zero-order valence-electron chi connectivity index (χ0n) is 8.81. The van der Waals surface area contributed by atoms with Crippen molar-refractivity contribution >= 4 is 15.9 Å². The molecule has 0 saturated heterocycles. The topological polar surface area (TPSA) is 42.7 Å². The minimum atomic E-state index is 0.778. The maximum atomic E-state index is 4.34. The van der Waals surface area contributed by atoms with Crippen LogP contribution in [0.1, 0.15) is 5.69 Å². The van der Waals surface area contributed by atoms with Gasteiger partial charge >= 0.3 is 0 Å². The van der Waals surface area contributed by atoms with E-state index in [0.717, 1.165) is 29.9 Å². The van der Waals surface area contributed by atoms with E-state index in [1.807, 2.05) is 35.1 Å². The molecular weight excluding hydrogens is 268 g/mol. The van der Waals surface area contributed by atoms with Crippen molar-refractivity contribution < 1.29 is 0 Å². The van der Waals surface area contributed by atoms with Crippen molar-refractivity contribution in [2.45, 2.75) is 13.1 Å². The van der Waals surface area contributed by atoms with Gasteiger partial charge in [-0.1, -0.05) is 6.07 Å². The SMILES string of the molecule is Brc1cccc(CNCCn2cccn2)n1. The molecule has 0 radical (unpaired) electrons. The van der Waals surface area contributed by atoms with Gasteiger partial charge < -0.3 is 5.32 Å². The van der Waals surface area contributed by atoms with Crippen LogP contribution in [0.4, 0.5) is 0 Å². The van der Waals surface area contributed by atoms with Gasteiger partial charge in [0.25, 0.3) is 0 Å². The molecule has 84 valence electrons. The third kappa shape index (κ3) is 3.43. The lowest BCUT2D eigenvalue weighted by molar-refractivity contribution is 0.551. The normalized spacial score (nSPS) is 10.6. The highest BCUT2D eigenvalue weighted by molar-refractivity contribution is 9.10.